The number of hydrogen-bond acceptors (Lipinski definition) is 3. The Morgan fingerprint density at radius 2 is 2.13 bits per heavy atom. The van der Waals surface area contributed by atoms with E-state index in [9.17, 15) is 4.39 Å². The minimum Gasteiger partial charge on any atom is -0.489 e. The zero-order valence-corrected chi connectivity index (χ0v) is 8.68. The molecule has 3 nitrogen and oxygen atoms in total. The van der Waals surface area contributed by atoms with E-state index < -0.39 is 0 Å². The molecule has 0 atom stereocenters. The summed E-state index contributed by atoms with van der Waals surface area (Å²) < 4.78 is 24.3. The van der Waals surface area contributed by atoms with Crippen molar-refractivity contribution in [1.29, 1.82) is 0 Å². The molecule has 1 N–H and O–H groups in total. The SMILES string of the molecule is CNCc1cc(F)c2c(c1)OCCCO2. The third-order valence-electron chi connectivity index (χ3n) is 2.24. The third-order valence-corrected chi connectivity index (χ3v) is 2.24. The summed E-state index contributed by atoms with van der Waals surface area (Å²) in [6, 6.07) is 3.30. The van der Waals surface area contributed by atoms with Crippen LogP contribution in [-0.4, -0.2) is 20.3 Å². The minimum absolute atomic E-state index is 0.243. The van der Waals surface area contributed by atoms with E-state index in [0.29, 0.717) is 25.5 Å². The smallest absolute Gasteiger partial charge is 0.197 e. The van der Waals surface area contributed by atoms with Crippen LogP contribution in [-0.2, 0) is 6.54 Å². The largest absolute Gasteiger partial charge is 0.489 e. The molecule has 0 saturated heterocycles. The zero-order valence-electron chi connectivity index (χ0n) is 8.68. The Balaban J connectivity index is 2.35. The molecule has 15 heavy (non-hydrogen) atoms. The van der Waals surface area contributed by atoms with Gasteiger partial charge in [0.25, 0.3) is 0 Å². The quantitative estimate of drug-likeness (QED) is 0.807. The van der Waals surface area contributed by atoms with Crippen molar-refractivity contribution in [1.82, 2.24) is 5.32 Å². The van der Waals surface area contributed by atoms with Crippen LogP contribution in [0.3, 0.4) is 0 Å². The van der Waals surface area contributed by atoms with Gasteiger partial charge in [-0.2, -0.15) is 0 Å². The lowest BCUT2D eigenvalue weighted by atomic mass is 10.2. The highest BCUT2D eigenvalue weighted by molar-refractivity contribution is 5.44. The van der Waals surface area contributed by atoms with Gasteiger partial charge in [-0.05, 0) is 24.7 Å². The summed E-state index contributed by atoms with van der Waals surface area (Å²) in [6.07, 6.45) is 0.787. The van der Waals surface area contributed by atoms with Crippen molar-refractivity contribution in [2.75, 3.05) is 20.3 Å². The van der Waals surface area contributed by atoms with Crippen LogP contribution in [0.4, 0.5) is 4.39 Å². The first kappa shape index (κ1) is 10.2. The van der Waals surface area contributed by atoms with E-state index in [2.05, 4.69) is 5.32 Å². The van der Waals surface area contributed by atoms with Gasteiger partial charge in [-0.15, -0.1) is 0 Å². The van der Waals surface area contributed by atoms with Crippen molar-refractivity contribution < 1.29 is 13.9 Å². The Labute approximate surface area is 88.2 Å². The van der Waals surface area contributed by atoms with Crippen LogP contribution in [0.25, 0.3) is 0 Å². The molecule has 0 radical (unpaired) electrons. The number of fused-ring (bicyclic) bond motifs is 1. The first-order chi connectivity index (χ1) is 7.31. The van der Waals surface area contributed by atoms with Crippen molar-refractivity contribution in [2.24, 2.45) is 0 Å². The Bertz CT molecular complexity index is 355. The van der Waals surface area contributed by atoms with E-state index in [1.807, 2.05) is 13.1 Å². The highest BCUT2D eigenvalue weighted by Crippen LogP contribution is 2.33. The predicted octanol–water partition coefficient (Wildman–Crippen LogP) is 1.71. The third kappa shape index (κ3) is 2.21. The first-order valence-corrected chi connectivity index (χ1v) is 5.04. The Morgan fingerprint density at radius 1 is 1.33 bits per heavy atom. The summed E-state index contributed by atoms with van der Waals surface area (Å²) >= 11 is 0. The van der Waals surface area contributed by atoms with Crippen molar-refractivity contribution in [2.45, 2.75) is 13.0 Å². The first-order valence-electron chi connectivity index (χ1n) is 5.04. The van der Waals surface area contributed by atoms with Gasteiger partial charge in [-0.3, -0.25) is 0 Å². The molecule has 1 aliphatic rings. The summed E-state index contributed by atoms with van der Waals surface area (Å²) in [5.41, 5.74) is 0.860. The van der Waals surface area contributed by atoms with Crippen molar-refractivity contribution >= 4 is 0 Å². The van der Waals surface area contributed by atoms with Crippen molar-refractivity contribution in [3.05, 3.63) is 23.5 Å². The molecular formula is C11H14FNO2. The van der Waals surface area contributed by atoms with Gasteiger partial charge in [-0.1, -0.05) is 0 Å². The van der Waals surface area contributed by atoms with E-state index in [-0.39, 0.29) is 11.6 Å². The molecule has 0 unspecified atom stereocenters. The Hall–Kier alpha value is -1.29. The second kappa shape index (κ2) is 4.49. The summed E-state index contributed by atoms with van der Waals surface area (Å²) in [7, 11) is 1.82. The summed E-state index contributed by atoms with van der Waals surface area (Å²) in [5, 5.41) is 2.97. The fourth-order valence-electron chi connectivity index (χ4n) is 1.59. The molecule has 82 valence electrons. The molecule has 1 aromatic carbocycles. The van der Waals surface area contributed by atoms with Gasteiger partial charge >= 0.3 is 0 Å². The zero-order chi connectivity index (χ0) is 10.7. The van der Waals surface area contributed by atoms with Gasteiger partial charge in [0.2, 0.25) is 0 Å². The molecule has 0 aliphatic carbocycles. The Kier molecular flexibility index (Phi) is 3.06. The summed E-state index contributed by atoms with van der Waals surface area (Å²) in [6.45, 7) is 1.71. The predicted molar refractivity (Wildman–Crippen MR) is 54.8 cm³/mol. The van der Waals surface area contributed by atoms with Gasteiger partial charge in [0, 0.05) is 13.0 Å². The van der Waals surface area contributed by atoms with Crippen LogP contribution in [0.15, 0.2) is 12.1 Å². The van der Waals surface area contributed by atoms with E-state index in [4.69, 9.17) is 9.47 Å². The topological polar surface area (TPSA) is 30.5 Å². The second-order valence-electron chi connectivity index (χ2n) is 3.49. The molecular weight excluding hydrogens is 197 g/mol. The molecule has 0 saturated carbocycles. The summed E-state index contributed by atoms with van der Waals surface area (Å²) in [5.74, 6) is 0.407. The molecule has 0 fully saturated rings. The van der Waals surface area contributed by atoms with E-state index in [1.165, 1.54) is 6.07 Å². The monoisotopic (exact) mass is 211 g/mol. The molecule has 4 heteroatoms. The van der Waals surface area contributed by atoms with Crippen LogP contribution >= 0.6 is 0 Å². The molecule has 0 spiro atoms. The lowest BCUT2D eigenvalue weighted by Gasteiger charge is -2.10. The number of nitrogens with one attached hydrogen (secondary N) is 1. The van der Waals surface area contributed by atoms with E-state index >= 15 is 0 Å². The van der Waals surface area contributed by atoms with E-state index in [0.717, 1.165) is 12.0 Å². The average molecular weight is 211 g/mol. The average Bonchev–Trinajstić information content (AvgIpc) is 2.43. The number of benzene rings is 1. The number of ether oxygens (including phenoxy) is 2. The molecule has 1 aliphatic heterocycles. The van der Waals surface area contributed by atoms with Gasteiger partial charge in [0.15, 0.2) is 17.3 Å². The maximum Gasteiger partial charge on any atom is 0.197 e. The molecule has 1 aromatic rings. The lowest BCUT2D eigenvalue weighted by molar-refractivity contribution is 0.292. The van der Waals surface area contributed by atoms with Gasteiger partial charge in [-0.25, -0.2) is 4.39 Å². The number of halogens is 1. The van der Waals surface area contributed by atoms with Gasteiger partial charge in [0.1, 0.15) is 0 Å². The highest BCUT2D eigenvalue weighted by Gasteiger charge is 2.16. The van der Waals surface area contributed by atoms with Crippen LogP contribution in [0.1, 0.15) is 12.0 Å². The minimum atomic E-state index is -0.348. The summed E-state index contributed by atoms with van der Waals surface area (Å²) in [4.78, 5) is 0. The number of rotatable bonds is 2. The fourth-order valence-corrected chi connectivity index (χ4v) is 1.59. The lowest BCUT2D eigenvalue weighted by Crippen LogP contribution is -2.06. The normalized spacial score (nSPS) is 14.8. The maximum absolute atomic E-state index is 13.6. The van der Waals surface area contributed by atoms with Crippen molar-refractivity contribution in [3.8, 4) is 11.5 Å². The second-order valence-corrected chi connectivity index (χ2v) is 3.49. The van der Waals surface area contributed by atoms with E-state index in [1.54, 1.807) is 0 Å². The standard InChI is InChI=1S/C11H14FNO2/c1-13-7-8-5-9(12)11-10(6-8)14-3-2-4-15-11/h5-6,13H,2-4,7H2,1H3. The van der Waals surface area contributed by atoms with Crippen LogP contribution in [0.5, 0.6) is 11.5 Å². The van der Waals surface area contributed by atoms with Crippen LogP contribution in [0.2, 0.25) is 0 Å². The van der Waals surface area contributed by atoms with Gasteiger partial charge in [0.05, 0.1) is 13.2 Å². The Morgan fingerprint density at radius 3 is 2.93 bits per heavy atom. The molecule has 1 heterocycles. The number of hydrogen-bond donors (Lipinski definition) is 1. The molecule has 0 aromatic heterocycles. The van der Waals surface area contributed by atoms with Gasteiger partial charge < -0.3 is 14.8 Å². The molecule has 0 amide bonds. The molecule has 0 bridgehead atoms. The van der Waals surface area contributed by atoms with Crippen molar-refractivity contribution in [3.63, 3.8) is 0 Å². The maximum atomic E-state index is 13.6. The van der Waals surface area contributed by atoms with Crippen LogP contribution < -0.4 is 14.8 Å². The van der Waals surface area contributed by atoms with Crippen LogP contribution in [0, 0.1) is 5.82 Å². The molecule has 2 rings (SSSR count). The highest BCUT2D eigenvalue weighted by atomic mass is 19.1. The fraction of sp³-hybridized carbons (Fsp3) is 0.455.